The van der Waals surface area contributed by atoms with Crippen LogP contribution in [0.5, 0.6) is 5.75 Å². The fraction of sp³-hybridized carbons (Fsp3) is 0.423. The average molecular weight is 632 g/mol. The number of aliphatic hydroxyl groups excluding tert-OH is 1. The Morgan fingerprint density at radius 3 is 2.52 bits per heavy atom. The summed E-state index contributed by atoms with van der Waals surface area (Å²) in [5, 5.41) is 14.8. The molecule has 0 radical (unpaired) electrons. The number of nitrogens with zero attached hydrogens (tertiary/aromatic N) is 1. The number of hydrogen-bond donors (Lipinski definition) is 3. The number of rotatable bonds is 11. The summed E-state index contributed by atoms with van der Waals surface area (Å²) in [4.78, 5) is 38.1. The number of nitrogens with one attached hydrogen (secondary N) is 2. The molecule has 1 aliphatic heterocycles. The highest BCUT2D eigenvalue weighted by Gasteiger charge is 2.62. The van der Waals surface area contributed by atoms with E-state index in [0.717, 1.165) is 23.0 Å². The Morgan fingerprint density at radius 1 is 1.19 bits per heavy atom. The van der Waals surface area contributed by atoms with E-state index in [2.05, 4.69) is 5.09 Å². The molecule has 1 fully saturated rings. The number of ether oxygens (including phenoxy) is 2. The summed E-state index contributed by atoms with van der Waals surface area (Å²) < 4.78 is 67.1. The zero-order valence-corrected chi connectivity index (χ0v) is 24.3. The minimum Gasteiger partial charge on any atom is -0.462 e. The van der Waals surface area contributed by atoms with Gasteiger partial charge < -0.3 is 23.6 Å². The zero-order valence-electron chi connectivity index (χ0n) is 22.6. The Balaban J connectivity index is 1.65. The third-order valence-corrected chi connectivity index (χ3v) is 8.84. The summed E-state index contributed by atoms with van der Waals surface area (Å²) >= 11 is 5.58. The van der Waals surface area contributed by atoms with Gasteiger partial charge in [-0.2, -0.15) is 0 Å². The molecule has 0 saturated carbocycles. The highest BCUT2D eigenvalue weighted by molar-refractivity contribution is 8.09. The summed E-state index contributed by atoms with van der Waals surface area (Å²) in [6.07, 6.45) is -10.1. The van der Waals surface area contributed by atoms with E-state index in [0.29, 0.717) is 4.57 Å². The van der Waals surface area contributed by atoms with Gasteiger partial charge in [0.05, 0.1) is 12.7 Å². The molecule has 3 aromatic rings. The number of aliphatic hydroxyl groups is 1. The fourth-order valence-electron chi connectivity index (χ4n) is 4.25. The van der Waals surface area contributed by atoms with Gasteiger partial charge in [-0.25, -0.2) is 23.1 Å². The van der Waals surface area contributed by atoms with Crippen LogP contribution in [0.2, 0.25) is 0 Å². The van der Waals surface area contributed by atoms with Crippen LogP contribution in [0.25, 0.3) is 10.8 Å². The van der Waals surface area contributed by atoms with Crippen LogP contribution in [0.3, 0.4) is 0 Å². The summed E-state index contributed by atoms with van der Waals surface area (Å²) in [5.74, 6) is -0.566. The van der Waals surface area contributed by atoms with Crippen molar-refractivity contribution < 1.29 is 41.6 Å². The molecule has 1 aromatic heterocycles. The number of aromatic amines is 1. The second kappa shape index (κ2) is 12.7. The SMILES string of the molecule is CC(C)OC(=O)[C@H](C)NP(=S)(OC[C@@]1(C(F)F)O[C@@H](n2ccc(=O)[nH]c2=O)[C@H](O)[C@@H]1F)Oc1ccc2ccccc2c1. The van der Waals surface area contributed by atoms with Crippen LogP contribution in [0.15, 0.2) is 64.3 Å². The molecule has 0 aliphatic carbocycles. The van der Waals surface area contributed by atoms with Gasteiger partial charge >= 0.3 is 18.3 Å². The highest BCUT2D eigenvalue weighted by atomic mass is 32.5. The summed E-state index contributed by atoms with van der Waals surface area (Å²) in [6.45, 7) is -0.552. The van der Waals surface area contributed by atoms with Crippen molar-refractivity contribution in [2.75, 3.05) is 6.61 Å². The van der Waals surface area contributed by atoms with Crippen molar-refractivity contribution in [1.82, 2.24) is 14.6 Å². The molecule has 228 valence electrons. The van der Waals surface area contributed by atoms with Crippen molar-refractivity contribution in [2.45, 2.75) is 63.4 Å². The Kier molecular flexibility index (Phi) is 9.60. The number of aromatic nitrogens is 2. The number of halogens is 3. The largest absolute Gasteiger partial charge is 0.462 e. The van der Waals surface area contributed by atoms with Gasteiger partial charge in [0.15, 0.2) is 18.0 Å². The standard InChI is InChI=1S/C26H29F3N3O8PS/c1-14(2)38-23(35)15(3)31-41(42,40-18-9-8-16-6-4-5-7-17(16)12-18)37-13-26(24(28)29)21(27)20(34)22(39-26)32-11-10-19(33)30-25(32)36/h4-12,14-15,20-22,24,34H,13H2,1-3H3,(H,31,42)(H,30,33,36)/t15-,20+,21-,22+,26+,41?/m0/s1. The third kappa shape index (κ3) is 6.77. The molecular formula is C26H29F3N3O8PS. The molecule has 16 heteroatoms. The van der Waals surface area contributed by atoms with Crippen molar-refractivity contribution in [3.05, 3.63) is 75.6 Å². The predicted octanol–water partition coefficient (Wildman–Crippen LogP) is 3.17. The minimum atomic E-state index is -3.96. The number of hydrogen-bond acceptors (Lipinski definition) is 9. The molecular weight excluding hydrogens is 602 g/mol. The number of carbonyl (C=O) groups is 1. The topological polar surface area (TPSA) is 141 Å². The molecule has 1 saturated heterocycles. The number of benzene rings is 2. The van der Waals surface area contributed by atoms with Crippen LogP contribution < -0.4 is 20.9 Å². The van der Waals surface area contributed by atoms with Gasteiger partial charge in [0.1, 0.15) is 17.9 Å². The number of carbonyl (C=O) groups excluding carboxylic acids is 1. The molecule has 4 rings (SSSR count). The van der Waals surface area contributed by atoms with E-state index in [9.17, 15) is 28.3 Å². The lowest BCUT2D eigenvalue weighted by atomic mass is 9.98. The monoisotopic (exact) mass is 631 g/mol. The second-order valence-electron chi connectivity index (χ2n) is 9.88. The maximum Gasteiger partial charge on any atom is 0.330 e. The van der Waals surface area contributed by atoms with E-state index < -0.39 is 73.1 Å². The third-order valence-electron chi connectivity index (χ3n) is 6.36. The van der Waals surface area contributed by atoms with E-state index >= 15 is 4.39 Å². The summed E-state index contributed by atoms with van der Waals surface area (Å²) in [5.41, 5.74) is -5.03. The Morgan fingerprint density at radius 2 is 1.88 bits per heavy atom. The molecule has 0 amide bonds. The van der Waals surface area contributed by atoms with E-state index in [1.165, 1.54) is 6.92 Å². The van der Waals surface area contributed by atoms with E-state index in [-0.39, 0.29) is 5.75 Å². The summed E-state index contributed by atoms with van der Waals surface area (Å²) in [7, 11) is 0. The zero-order chi connectivity index (χ0) is 30.8. The average Bonchev–Trinajstić information content (AvgIpc) is 3.17. The van der Waals surface area contributed by atoms with E-state index in [1.807, 2.05) is 17.1 Å². The molecule has 11 nitrogen and oxygen atoms in total. The van der Waals surface area contributed by atoms with Crippen LogP contribution in [-0.4, -0.2) is 63.7 Å². The van der Waals surface area contributed by atoms with E-state index in [4.69, 9.17) is 30.3 Å². The Bertz CT molecular complexity index is 1600. The number of fused-ring (bicyclic) bond motifs is 1. The number of alkyl halides is 3. The van der Waals surface area contributed by atoms with Gasteiger partial charge in [0.25, 0.3) is 12.0 Å². The van der Waals surface area contributed by atoms with E-state index in [1.54, 1.807) is 44.2 Å². The molecule has 3 N–H and O–H groups in total. The maximum atomic E-state index is 15.5. The smallest absolute Gasteiger partial charge is 0.330 e. The first-order valence-corrected chi connectivity index (χ1v) is 15.4. The lowest BCUT2D eigenvalue weighted by molar-refractivity contribution is -0.182. The number of H-pyrrole nitrogens is 1. The highest BCUT2D eigenvalue weighted by Crippen LogP contribution is 2.50. The van der Waals surface area contributed by atoms with Crippen molar-refractivity contribution in [3.63, 3.8) is 0 Å². The van der Waals surface area contributed by atoms with Crippen molar-refractivity contribution >= 4 is 35.2 Å². The van der Waals surface area contributed by atoms with Crippen LogP contribution in [0, 0.1) is 0 Å². The summed E-state index contributed by atoms with van der Waals surface area (Å²) in [6, 6.07) is 11.9. The fourth-order valence-corrected chi connectivity index (χ4v) is 6.67. The molecule has 1 unspecified atom stereocenters. The molecule has 2 aromatic carbocycles. The van der Waals surface area contributed by atoms with Crippen LogP contribution in [0.1, 0.15) is 27.0 Å². The van der Waals surface area contributed by atoms with Gasteiger partial charge in [-0.05, 0) is 55.5 Å². The van der Waals surface area contributed by atoms with Crippen LogP contribution in [-0.2, 0) is 30.6 Å². The maximum absolute atomic E-state index is 15.5. The van der Waals surface area contributed by atoms with Crippen LogP contribution in [0.4, 0.5) is 13.2 Å². The quantitative estimate of drug-likeness (QED) is 0.214. The van der Waals surface area contributed by atoms with Crippen LogP contribution >= 0.6 is 6.64 Å². The van der Waals surface area contributed by atoms with Gasteiger partial charge in [-0.3, -0.25) is 19.1 Å². The molecule has 1 aliphatic rings. The molecule has 0 bridgehead atoms. The second-order valence-corrected chi connectivity index (χ2v) is 13.0. The van der Waals surface area contributed by atoms with Crippen molar-refractivity contribution in [3.8, 4) is 5.75 Å². The first-order chi connectivity index (χ1) is 19.7. The molecule has 6 atom stereocenters. The number of esters is 1. The first-order valence-electron chi connectivity index (χ1n) is 12.8. The van der Waals surface area contributed by atoms with Crippen molar-refractivity contribution in [1.29, 1.82) is 0 Å². The lowest BCUT2D eigenvalue weighted by Crippen LogP contribution is -2.51. The van der Waals surface area contributed by atoms with Gasteiger partial charge in [-0.15, -0.1) is 0 Å². The predicted molar refractivity (Wildman–Crippen MR) is 150 cm³/mol. The van der Waals surface area contributed by atoms with Crippen molar-refractivity contribution in [2.24, 2.45) is 0 Å². The Labute approximate surface area is 242 Å². The normalized spacial score (nSPS) is 24.5. The van der Waals surface area contributed by atoms with Gasteiger partial charge in [0.2, 0.25) is 0 Å². The molecule has 2 heterocycles. The van der Waals surface area contributed by atoms with Gasteiger partial charge in [-0.1, -0.05) is 30.3 Å². The lowest BCUT2D eigenvalue weighted by Gasteiger charge is -2.33. The first kappa shape index (κ1) is 31.9. The molecule has 0 spiro atoms. The Hall–Kier alpha value is -3.07. The molecule has 42 heavy (non-hydrogen) atoms. The minimum absolute atomic E-state index is 0.168. The van der Waals surface area contributed by atoms with Gasteiger partial charge in [0, 0.05) is 12.3 Å².